The number of Topliss-reactive ketones (excluding diaryl/α,β-unsaturated/α-hetero) is 1. The van der Waals surface area contributed by atoms with Gasteiger partial charge in [-0.3, -0.25) is 4.79 Å². The van der Waals surface area contributed by atoms with E-state index in [1.165, 1.54) is 6.42 Å². The number of carbonyl (C=O) groups is 1. The van der Waals surface area contributed by atoms with Crippen LogP contribution >= 0.6 is 34.8 Å². The third-order valence-electron chi connectivity index (χ3n) is 4.08. The third kappa shape index (κ3) is 3.09. The van der Waals surface area contributed by atoms with Crippen LogP contribution in [0.4, 0.5) is 0 Å². The Hall–Kier alpha value is -0.240. The van der Waals surface area contributed by atoms with Crippen molar-refractivity contribution in [2.45, 2.75) is 39.5 Å². The molecule has 0 spiro atoms. The van der Waals surface area contributed by atoms with Gasteiger partial charge in [0.2, 0.25) is 0 Å². The normalized spacial score (nSPS) is 22.3. The Kier molecular flexibility index (Phi) is 4.49. The summed E-state index contributed by atoms with van der Waals surface area (Å²) in [6.07, 6.45) is 4.23. The smallest absolute Gasteiger partial charge is 0.169 e. The average molecular weight is 320 g/mol. The van der Waals surface area contributed by atoms with Gasteiger partial charge in [0, 0.05) is 10.9 Å². The molecule has 1 aromatic rings. The number of carbonyl (C=O) groups excluding carboxylic acids is 1. The van der Waals surface area contributed by atoms with Crippen LogP contribution in [0.2, 0.25) is 15.1 Å². The fraction of sp³-hybridized carbons (Fsp3) is 0.533. The summed E-state index contributed by atoms with van der Waals surface area (Å²) >= 11 is 18.2. The van der Waals surface area contributed by atoms with E-state index in [0.29, 0.717) is 20.6 Å². The number of halogens is 3. The first-order chi connectivity index (χ1) is 8.83. The molecule has 0 bridgehead atoms. The van der Waals surface area contributed by atoms with Gasteiger partial charge in [-0.2, -0.15) is 0 Å². The maximum Gasteiger partial charge on any atom is 0.169 e. The van der Waals surface area contributed by atoms with Crippen molar-refractivity contribution in [1.29, 1.82) is 0 Å². The molecule has 1 atom stereocenters. The van der Waals surface area contributed by atoms with Gasteiger partial charge in [-0.15, -0.1) is 0 Å². The first-order valence-electron chi connectivity index (χ1n) is 6.51. The molecule has 0 aromatic heterocycles. The summed E-state index contributed by atoms with van der Waals surface area (Å²) in [5.41, 5.74) is 0.425. The fourth-order valence-corrected chi connectivity index (χ4v) is 3.94. The van der Waals surface area contributed by atoms with E-state index >= 15 is 0 Å². The quantitative estimate of drug-likeness (QED) is 0.607. The molecule has 1 fully saturated rings. The lowest BCUT2D eigenvalue weighted by molar-refractivity contribution is 0.0698. The molecule has 1 unspecified atom stereocenters. The van der Waals surface area contributed by atoms with Crippen LogP contribution < -0.4 is 0 Å². The number of hydrogen-bond donors (Lipinski definition) is 0. The second-order valence-electron chi connectivity index (χ2n) is 5.90. The van der Waals surface area contributed by atoms with E-state index in [1.54, 1.807) is 12.1 Å². The van der Waals surface area contributed by atoms with Crippen molar-refractivity contribution in [3.05, 3.63) is 32.8 Å². The molecule has 0 heterocycles. The molecule has 1 aliphatic rings. The predicted octanol–water partition coefficient (Wildman–Crippen LogP) is 6.05. The van der Waals surface area contributed by atoms with Gasteiger partial charge in [0.1, 0.15) is 0 Å². The van der Waals surface area contributed by atoms with E-state index in [0.717, 1.165) is 19.3 Å². The summed E-state index contributed by atoms with van der Waals surface area (Å²) in [5, 5.41) is 1.15. The lowest BCUT2D eigenvalue weighted by atomic mass is 9.66. The molecule has 1 saturated carbocycles. The number of rotatable bonds is 2. The largest absolute Gasteiger partial charge is 0.294 e. The summed E-state index contributed by atoms with van der Waals surface area (Å²) in [7, 11) is 0. The Morgan fingerprint density at radius 2 is 1.74 bits per heavy atom. The van der Waals surface area contributed by atoms with Gasteiger partial charge in [0.05, 0.1) is 15.6 Å². The molecule has 1 nitrogen and oxygen atoms in total. The molecule has 0 saturated heterocycles. The summed E-state index contributed by atoms with van der Waals surface area (Å²) in [4.78, 5) is 12.8. The monoisotopic (exact) mass is 318 g/mol. The SMILES string of the molecule is CC1(C)CCCCC1C(=O)c1c(Cl)cc(Cl)cc1Cl. The molecule has 1 aliphatic carbocycles. The highest BCUT2D eigenvalue weighted by Crippen LogP contribution is 2.44. The van der Waals surface area contributed by atoms with Gasteiger partial charge in [0.25, 0.3) is 0 Å². The Labute approximate surface area is 129 Å². The number of hydrogen-bond acceptors (Lipinski definition) is 1. The van der Waals surface area contributed by atoms with E-state index in [4.69, 9.17) is 34.8 Å². The molecule has 104 valence electrons. The van der Waals surface area contributed by atoms with Crippen LogP contribution in [0.5, 0.6) is 0 Å². The average Bonchev–Trinajstić information content (AvgIpc) is 2.26. The minimum atomic E-state index is -0.0163. The van der Waals surface area contributed by atoms with Gasteiger partial charge in [-0.25, -0.2) is 0 Å². The summed E-state index contributed by atoms with van der Waals surface area (Å²) in [6, 6.07) is 3.16. The van der Waals surface area contributed by atoms with Crippen LogP contribution in [0.3, 0.4) is 0 Å². The summed E-state index contributed by atoms with van der Waals surface area (Å²) in [6.45, 7) is 4.29. The molecule has 4 heteroatoms. The van der Waals surface area contributed by atoms with Crippen molar-refractivity contribution >= 4 is 40.6 Å². The zero-order valence-corrected chi connectivity index (χ0v) is 13.4. The second kappa shape index (κ2) is 5.63. The zero-order valence-electron chi connectivity index (χ0n) is 11.1. The highest BCUT2D eigenvalue weighted by Gasteiger charge is 2.38. The maximum absolute atomic E-state index is 12.8. The van der Waals surface area contributed by atoms with E-state index in [9.17, 15) is 4.79 Å². The van der Waals surface area contributed by atoms with Crippen LogP contribution in [0.15, 0.2) is 12.1 Å². The van der Waals surface area contributed by atoms with Gasteiger partial charge < -0.3 is 0 Å². The predicted molar refractivity (Wildman–Crippen MR) is 81.5 cm³/mol. The minimum absolute atomic E-state index is 0.00161. The van der Waals surface area contributed by atoms with E-state index in [2.05, 4.69) is 13.8 Å². The molecule has 0 aliphatic heterocycles. The first kappa shape index (κ1) is 15.2. The standard InChI is InChI=1S/C15H17Cl3O/c1-15(2)6-4-3-5-10(15)14(19)13-11(17)7-9(16)8-12(13)18/h7-8,10H,3-6H2,1-2H3. The molecule has 19 heavy (non-hydrogen) atoms. The van der Waals surface area contributed by atoms with Crippen molar-refractivity contribution in [1.82, 2.24) is 0 Å². The highest BCUT2D eigenvalue weighted by molar-refractivity contribution is 6.42. The third-order valence-corrected chi connectivity index (χ3v) is 4.89. The van der Waals surface area contributed by atoms with Gasteiger partial charge in [-0.1, -0.05) is 61.5 Å². The van der Waals surface area contributed by atoms with E-state index < -0.39 is 0 Å². The van der Waals surface area contributed by atoms with Crippen LogP contribution in [0, 0.1) is 11.3 Å². The van der Waals surface area contributed by atoms with Crippen molar-refractivity contribution in [3.63, 3.8) is 0 Å². The summed E-state index contributed by atoms with van der Waals surface area (Å²) < 4.78 is 0. The zero-order chi connectivity index (χ0) is 14.2. The van der Waals surface area contributed by atoms with Crippen LogP contribution in [-0.2, 0) is 0 Å². The maximum atomic E-state index is 12.8. The Morgan fingerprint density at radius 1 is 1.16 bits per heavy atom. The number of benzene rings is 1. The van der Waals surface area contributed by atoms with E-state index in [1.807, 2.05) is 0 Å². The lowest BCUT2D eigenvalue weighted by Gasteiger charge is -2.37. The molecule has 0 amide bonds. The van der Waals surface area contributed by atoms with Crippen molar-refractivity contribution < 1.29 is 4.79 Å². The summed E-state index contributed by atoms with van der Waals surface area (Å²) in [5.74, 6) is 0.0359. The Morgan fingerprint density at radius 3 is 2.26 bits per heavy atom. The molecular formula is C15H17Cl3O. The fourth-order valence-electron chi connectivity index (χ4n) is 2.93. The molecule has 2 rings (SSSR count). The van der Waals surface area contributed by atoms with Crippen molar-refractivity contribution in [2.24, 2.45) is 11.3 Å². The van der Waals surface area contributed by atoms with Crippen LogP contribution in [-0.4, -0.2) is 5.78 Å². The molecule has 0 radical (unpaired) electrons. The highest BCUT2D eigenvalue weighted by atomic mass is 35.5. The number of ketones is 1. The van der Waals surface area contributed by atoms with Gasteiger partial charge in [0.15, 0.2) is 5.78 Å². The van der Waals surface area contributed by atoms with Crippen molar-refractivity contribution in [2.75, 3.05) is 0 Å². The van der Waals surface area contributed by atoms with Crippen LogP contribution in [0.1, 0.15) is 49.9 Å². The minimum Gasteiger partial charge on any atom is -0.294 e. The molecule has 1 aromatic carbocycles. The van der Waals surface area contributed by atoms with E-state index in [-0.39, 0.29) is 17.1 Å². The van der Waals surface area contributed by atoms with Gasteiger partial charge in [-0.05, 0) is 30.4 Å². The van der Waals surface area contributed by atoms with Gasteiger partial charge >= 0.3 is 0 Å². The Bertz CT molecular complexity index is 485. The lowest BCUT2D eigenvalue weighted by Crippen LogP contribution is -2.34. The second-order valence-corrected chi connectivity index (χ2v) is 7.15. The first-order valence-corrected chi connectivity index (χ1v) is 7.65. The topological polar surface area (TPSA) is 17.1 Å². The molecule has 0 N–H and O–H groups in total. The molecular weight excluding hydrogens is 303 g/mol. The Balaban J connectivity index is 2.39. The van der Waals surface area contributed by atoms with Crippen molar-refractivity contribution in [3.8, 4) is 0 Å². The van der Waals surface area contributed by atoms with Crippen LogP contribution in [0.25, 0.3) is 0 Å².